The molecule has 0 rings (SSSR count). The molecule has 0 aliphatic rings. The summed E-state index contributed by atoms with van der Waals surface area (Å²) >= 11 is 9.83. The van der Waals surface area contributed by atoms with Crippen molar-refractivity contribution in [3.05, 3.63) is 0 Å². The summed E-state index contributed by atoms with van der Waals surface area (Å²) in [6.45, 7) is 0. The van der Waals surface area contributed by atoms with Crippen molar-refractivity contribution < 1.29 is 4.43 Å². The van der Waals surface area contributed by atoms with E-state index in [0.717, 1.165) is 0 Å². The Labute approximate surface area is 68.0 Å². The van der Waals surface area contributed by atoms with E-state index in [1.165, 1.54) is 0 Å². The number of hydrogen-bond acceptors (Lipinski definition) is 1. The van der Waals surface area contributed by atoms with Gasteiger partial charge >= 0.3 is 2.62 Å². The second kappa shape index (κ2) is 3.05. The van der Waals surface area contributed by atoms with E-state index in [4.69, 9.17) is 15.5 Å². The number of hydrogen-bond donors (Lipinski definition) is 0. The van der Waals surface area contributed by atoms with E-state index in [9.17, 15) is 0 Å². The van der Waals surface area contributed by atoms with Crippen LogP contribution >= 0.6 is 54.7 Å². The summed E-state index contributed by atoms with van der Waals surface area (Å²) in [5, 5.41) is 0. The molecule has 0 atom stereocenters. The molecule has 0 N–H and O–H groups in total. The lowest BCUT2D eigenvalue weighted by atomic mass is 11.8. The van der Waals surface area contributed by atoms with Gasteiger partial charge in [0.25, 0.3) is 0 Å². The molecule has 0 aromatic rings. The molecule has 0 saturated carbocycles. The Morgan fingerprint density at radius 1 is 1.67 bits per heavy atom. The summed E-state index contributed by atoms with van der Waals surface area (Å²) < 4.78 is 3.10. The predicted molar refractivity (Wildman–Crippen MR) is 46.7 cm³/mol. The molecule has 1 nitrogen and oxygen atoms in total. The predicted octanol–water partition coefficient (Wildman–Crippen LogP) is 2.18. The normalized spacial score (nSPS) is 12.0. The molecule has 0 saturated heterocycles. The van der Waals surface area contributed by atoms with Gasteiger partial charge in [0.1, 0.15) is 0 Å². The van der Waals surface area contributed by atoms with Crippen LogP contribution in [0.3, 0.4) is 0 Å². The molecule has 0 heterocycles. The minimum absolute atomic E-state index is 1.62. The average molecular weight is 348 g/mol. The molecule has 0 unspecified atom stereocenters. The molecular formula is CH3ClI2OSi. The van der Waals surface area contributed by atoms with Gasteiger partial charge in [0, 0.05) is 7.11 Å². The smallest absolute Gasteiger partial charge is 0.392 e. The van der Waals surface area contributed by atoms with Gasteiger partial charge in [0.15, 0.2) is 0 Å². The molecule has 0 aromatic heterocycles. The number of halogens is 3. The van der Waals surface area contributed by atoms with Gasteiger partial charge in [-0.25, -0.2) is 0 Å². The van der Waals surface area contributed by atoms with Crippen LogP contribution in [-0.4, -0.2) is 9.73 Å². The quantitative estimate of drug-likeness (QED) is 0.401. The van der Waals surface area contributed by atoms with E-state index < -0.39 is 2.62 Å². The van der Waals surface area contributed by atoms with E-state index in [1.807, 2.05) is 0 Å². The fourth-order valence-corrected chi connectivity index (χ4v) is 0. The fourth-order valence-electron chi connectivity index (χ4n) is 0. The fraction of sp³-hybridized carbons (Fsp3) is 1.00. The molecule has 0 spiro atoms. The van der Waals surface area contributed by atoms with Gasteiger partial charge in [-0.05, 0) is 0 Å². The molecule has 0 aliphatic carbocycles. The van der Waals surface area contributed by atoms with Crippen molar-refractivity contribution in [2.75, 3.05) is 7.11 Å². The zero-order valence-corrected chi connectivity index (χ0v) is 9.11. The first-order valence-electron chi connectivity index (χ1n) is 1.18. The van der Waals surface area contributed by atoms with Crippen LogP contribution in [-0.2, 0) is 4.43 Å². The Morgan fingerprint density at radius 3 is 1.83 bits per heavy atom. The number of rotatable bonds is 1. The van der Waals surface area contributed by atoms with Gasteiger partial charge in [0.05, 0.1) is 0 Å². The average Bonchev–Trinajstić information content (AvgIpc) is 1.35. The molecule has 0 amide bonds. The largest absolute Gasteiger partial charge is 0.424 e. The third-order valence-corrected chi connectivity index (χ3v) is 3.80. The van der Waals surface area contributed by atoms with Crippen LogP contribution in [0.2, 0.25) is 0 Å². The van der Waals surface area contributed by atoms with Crippen LogP contribution in [0, 0.1) is 0 Å². The lowest BCUT2D eigenvalue weighted by Gasteiger charge is -2.01. The maximum atomic E-state index is 5.61. The summed E-state index contributed by atoms with van der Waals surface area (Å²) in [4.78, 5) is 0. The molecule has 5 heteroatoms. The molecule has 0 aromatic carbocycles. The Morgan fingerprint density at radius 2 is 1.83 bits per heavy atom. The van der Waals surface area contributed by atoms with Crippen molar-refractivity contribution in [3.8, 4) is 0 Å². The summed E-state index contributed by atoms with van der Waals surface area (Å²) in [7, 11) is 1.62. The van der Waals surface area contributed by atoms with Gasteiger partial charge in [-0.3, -0.25) is 0 Å². The van der Waals surface area contributed by atoms with Gasteiger partial charge in [-0.2, -0.15) is 0 Å². The minimum Gasteiger partial charge on any atom is -0.392 e. The molecule has 0 bridgehead atoms. The van der Waals surface area contributed by atoms with Crippen LogP contribution in [0.15, 0.2) is 0 Å². The van der Waals surface area contributed by atoms with Crippen molar-refractivity contribution in [3.63, 3.8) is 0 Å². The zero-order chi connectivity index (χ0) is 5.21. The third-order valence-electron chi connectivity index (χ3n) is 0.231. The van der Waals surface area contributed by atoms with Gasteiger partial charge < -0.3 is 4.43 Å². The second-order valence-electron chi connectivity index (χ2n) is 0.650. The van der Waals surface area contributed by atoms with Gasteiger partial charge in [-0.15, -0.1) is 11.1 Å². The third kappa shape index (κ3) is 5.93. The molecule has 38 valence electrons. The van der Waals surface area contributed by atoms with Crippen LogP contribution in [0.4, 0.5) is 0 Å². The first-order chi connectivity index (χ1) is 2.56. The highest BCUT2D eigenvalue weighted by atomic mass is 127. The van der Waals surface area contributed by atoms with Crippen LogP contribution in [0.25, 0.3) is 0 Å². The van der Waals surface area contributed by atoms with Crippen molar-refractivity contribution >= 4 is 57.3 Å². The minimum atomic E-state index is -1.72. The second-order valence-corrected chi connectivity index (χ2v) is 22.7. The molecular weight excluding hydrogens is 345 g/mol. The summed E-state index contributed by atoms with van der Waals surface area (Å²) in [5.74, 6) is 0. The van der Waals surface area contributed by atoms with Crippen molar-refractivity contribution in [2.24, 2.45) is 0 Å². The van der Waals surface area contributed by atoms with E-state index in [0.29, 0.717) is 0 Å². The highest BCUT2D eigenvalue weighted by molar-refractivity contribution is 14.3. The molecule has 6 heavy (non-hydrogen) atoms. The first-order valence-corrected chi connectivity index (χ1v) is 10.3. The lowest BCUT2D eigenvalue weighted by Crippen LogP contribution is -2.09. The lowest BCUT2D eigenvalue weighted by molar-refractivity contribution is 0.450. The van der Waals surface area contributed by atoms with Crippen LogP contribution in [0.5, 0.6) is 0 Å². The van der Waals surface area contributed by atoms with E-state index in [1.54, 1.807) is 7.11 Å². The Bertz CT molecular complexity index is 43.3. The van der Waals surface area contributed by atoms with Crippen LogP contribution in [0.1, 0.15) is 0 Å². The SMILES string of the molecule is CO[Si](Cl)(I)I. The summed E-state index contributed by atoms with van der Waals surface area (Å²) in [6.07, 6.45) is 0. The summed E-state index contributed by atoms with van der Waals surface area (Å²) in [5.41, 5.74) is 0. The molecule has 0 radical (unpaired) electrons. The van der Waals surface area contributed by atoms with E-state index in [-0.39, 0.29) is 0 Å². The highest BCUT2D eigenvalue weighted by Crippen LogP contribution is 2.25. The topological polar surface area (TPSA) is 9.23 Å². The van der Waals surface area contributed by atoms with Gasteiger partial charge in [-0.1, -0.05) is 43.6 Å². The standard InChI is InChI=1S/CH3ClI2OSi/c1-5-6(2,3)4/h1H3. The maximum absolute atomic E-state index is 5.61. The van der Waals surface area contributed by atoms with Gasteiger partial charge in [0.2, 0.25) is 0 Å². The Hall–Kier alpha value is 1.93. The van der Waals surface area contributed by atoms with E-state index in [2.05, 4.69) is 43.6 Å². The first kappa shape index (κ1) is 7.93. The molecule has 0 fully saturated rings. The van der Waals surface area contributed by atoms with Crippen molar-refractivity contribution in [1.29, 1.82) is 0 Å². The van der Waals surface area contributed by atoms with Crippen molar-refractivity contribution in [2.45, 2.75) is 0 Å². The zero-order valence-electron chi connectivity index (χ0n) is 3.04. The van der Waals surface area contributed by atoms with Crippen LogP contribution < -0.4 is 0 Å². The monoisotopic (exact) mass is 348 g/mol. The van der Waals surface area contributed by atoms with Crippen molar-refractivity contribution in [1.82, 2.24) is 0 Å². The molecule has 0 aliphatic heterocycles. The van der Waals surface area contributed by atoms with E-state index >= 15 is 0 Å². The highest BCUT2D eigenvalue weighted by Gasteiger charge is 2.21. The Balaban J connectivity index is 3.17. The summed E-state index contributed by atoms with van der Waals surface area (Å²) in [6, 6.07) is 0. The maximum Gasteiger partial charge on any atom is 0.424 e. The Kier molecular flexibility index (Phi) is 4.03.